The number of carbonyl (C=O) groups excluding carboxylic acids is 1. The Bertz CT molecular complexity index is 789. The van der Waals surface area contributed by atoms with Crippen LogP contribution in [0.2, 0.25) is 0 Å². The summed E-state index contributed by atoms with van der Waals surface area (Å²) < 4.78 is 5.62. The Balaban J connectivity index is 1.57. The number of rotatable bonds is 3. The summed E-state index contributed by atoms with van der Waals surface area (Å²) in [6.07, 6.45) is 0.936. The van der Waals surface area contributed by atoms with Crippen LogP contribution >= 0.6 is 12.2 Å². The highest BCUT2D eigenvalue weighted by Gasteiger charge is 2.22. The van der Waals surface area contributed by atoms with E-state index in [0.29, 0.717) is 5.11 Å². The second-order valence-corrected chi connectivity index (χ2v) is 6.33. The number of benzene rings is 2. The summed E-state index contributed by atoms with van der Waals surface area (Å²) in [6, 6.07) is 14.0. The number of aryl methyl sites for hydroxylation is 2. The van der Waals surface area contributed by atoms with Gasteiger partial charge in [-0.3, -0.25) is 10.1 Å². The summed E-state index contributed by atoms with van der Waals surface area (Å²) in [7, 11) is 0. The van der Waals surface area contributed by atoms with Crippen LogP contribution in [0.15, 0.2) is 42.5 Å². The Kier molecular flexibility index (Phi) is 4.81. The maximum Gasteiger partial charge on any atom is 0.264 e. The number of nitrogens with one attached hydrogen (secondary N) is 1. The smallest absolute Gasteiger partial charge is 0.264 e. The molecule has 4 nitrogen and oxygen atoms in total. The van der Waals surface area contributed by atoms with Crippen LogP contribution < -0.4 is 15.0 Å². The number of hydrogen-bond acceptors (Lipinski definition) is 3. The molecule has 0 fully saturated rings. The zero-order chi connectivity index (χ0) is 17.1. The number of carbonyl (C=O) groups is 1. The van der Waals surface area contributed by atoms with E-state index >= 15 is 0 Å². The molecule has 0 saturated heterocycles. The van der Waals surface area contributed by atoms with Gasteiger partial charge in [0.2, 0.25) is 0 Å². The third-order valence-electron chi connectivity index (χ3n) is 4.08. The van der Waals surface area contributed by atoms with Crippen molar-refractivity contribution in [2.75, 3.05) is 18.1 Å². The Hall–Kier alpha value is -2.40. The fourth-order valence-electron chi connectivity index (χ4n) is 2.78. The maximum absolute atomic E-state index is 12.1. The Labute approximate surface area is 147 Å². The number of amides is 1. The van der Waals surface area contributed by atoms with E-state index in [0.717, 1.165) is 35.5 Å². The second kappa shape index (κ2) is 7.01. The van der Waals surface area contributed by atoms with Crippen LogP contribution in [-0.4, -0.2) is 24.2 Å². The molecule has 0 spiro atoms. The lowest BCUT2D eigenvalue weighted by Crippen LogP contribution is -2.43. The monoisotopic (exact) mass is 340 g/mol. The molecule has 0 aromatic heterocycles. The van der Waals surface area contributed by atoms with Crippen LogP contribution in [0.25, 0.3) is 0 Å². The van der Waals surface area contributed by atoms with E-state index in [1.165, 1.54) is 5.56 Å². The number of para-hydroxylation sites is 1. The van der Waals surface area contributed by atoms with Crippen molar-refractivity contribution >= 4 is 28.9 Å². The van der Waals surface area contributed by atoms with E-state index < -0.39 is 0 Å². The number of anilines is 1. The van der Waals surface area contributed by atoms with Gasteiger partial charge in [-0.1, -0.05) is 30.3 Å². The lowest BCUT2D eigenvalue weighted by Gasteiger charge is -2.20. The summed E-state index contributed by atoms with van der Waals surface area (Å²) in [5.74, 6) is 0.480. The quantitative estimate of drug-likeness (QED) is 0.872. The maximum atomic E-state index is 12.1. The van der Waals surface area contributed by atoms with Crippen LogP contribution in [0.1, 0.15) is 16.7 Å². The number of nitrogens with zero attached hydrogens (tertiary/aromatic N) is 1. The van der Waals surface area contributed by atoms with Crippen LogP contribution in [0, 0.1) is 13.8 Å². The lowest BCUT2D eigenvalue weighted by atomic mass is 10.1. The molecule has 124 valence electrons. The molecule has 1 aliphatic rings. The van der Waals surface area contributed by atoms with Crippen molar-refractivity contribution in [1.82, 2.24) is 5.32 Å². The molecule has 2 aromatic carbocycles. The van der Waals surface area contributed by atoms with Gasteiger partial charge in [0.25, 0.3) is 5.91 Å². The Morgan fingerprint density at radius 2 is 2.04 bits per heavy atom. The topological polar surface area (TPSA) is 41.6 Å². The van der Waals surface area contributed by atoms with Gasteiger partial charge in [-0.2, -0.15) is 0 Å². The number of thiocarbonyl (C=S) groups is 1. The first kappa shape index (κ1) is 16.5. The zero-order valence-corrected chi connectivity index (χ0v) is 14.7. The van der Waals surface area contributed by atoms with Gasteiger partial charge in [0.15, 0.2) is 11.7 Å². The molecule has 3 rings (SSSR count). The van der Waals surface area contributed by atoms with Crippen molar-refractivity contribution in [3.05, 3.63) is 59.2 Å². The van der Waals surface area contributed by atoms with Crippen LogP contribution in [0.3, 0.4) is 0 Å². The first-order valence-corrected chi connectivity index (χ1v) is 8.35. The van der Waals surface area contributed by atoms with Crippen molar-refractivity contribution in [2.24, 2.45) is 0 Å². The molecule has 5 heteroatoms. The number of hydrogen-bond donors (Lipinski definition) is 1. The summed E-state index contributed by atoms with van der Waals surface area (Å²) >= 11 is 5.38. The van der Waals surface area contributed by atoms with Crippen LogP contribution in [0.4, 0.5) is 5.69 Å². The molecule has 0 bridgehead atoms. The highest BCUT2D eigenvalue weighted by Crippen LogP contribution is 2.27. The van der Waals surface area contributed by atoms with Crippen molar-refractivity contribution in [3.8, 4) is 5.75 Å². The minimum Gasteiger partial charge on any atom is -0.483 e. The SMILES string of the molecule is Cc1ccc(C)c(OCC(=O)NC(=S)N2CCc3ccccc32)c1. The van der Waals surface area contributed by atoms with E-state index in [9.17, 15) is 4.79 Å². The molecule has 1 amide bonds. The summed E-state index contributed by atoms with van der Waals surface area (Å²) in [4.78, 5) is 14.1. The average molecular weight is 340 g/mol. The fourth-order valence-corrected chi connectivity index (χ4v) is 3.08. The standard InChI is InChI=1S/C19H20N2O2S/c1-13-7-8-14(2)17(11-13)23-12-18(22)20-19(24)21-10-9-15-5-3-4-6-16(15)21/h3-8,11H,9-10,12H2,1-2H3,(H,20,22,24). The van der Waals surface area contributed by atoms with E-state index in [4.69, 9.17) is 17.0 Å². The van der Waals surface area contributed by atoms with E-state index in [1.807, 2.05) is 55.1 Å². The summed E-state index contributed by atoms with van der Waals surface area (Å²) in [6.45, 7) is 4.68. The first-order valence-electron chi connectivity index (χ1n) is 7.94. The number of fused-ring (bicyclic) bond motifs is 1. The van der Waals surface area contributed by atoms with Crippen LogP contribution in [0.5, 0.6) is 5.75 Å². The van der Waals surface area contributed by atoms with Gasteiger partial charge in [0.1, 0.15) is 5.75 Å². The minimum atomic E-state index is -0.245. The molecule has 2 aromatic rings. The molecule has 0 unspecified atom stereocenters. The third-order valence-corrected chi connectivity index (χ3v) is 4.40. The normalized spacial score (nSPS) is 12.7. The molecule has 0 radical (unpaired) electrons. The Morgan fingerprint density at radius 3 is 2.88 bits per heavy atom. The van der Waals surface area contributed by atoms with E-state index in [1.54, 1.807) is 0 Å². The zero-order valence-electron chi connectivity index (χ0n) is 13.8. The largest absolute Gasteiger partial charge is 0.483 e. The van der Waals surface area contributed by atoms with Gasteiger partial charge in [-0.15, -0.1) is 0 Å². The van der Waals surface area contributed by atoms with Gasteiger partial charge in [-0.25, -0.2) is 0 Å². The predicted molar refractivity (Wildman–Crippen MR) is 99.6 cm³/mol. The minimum absolute atomic E-state index is 0.0556. The molecule has 24 heavy (non-hydrogen) atoms. The third kappa shape index (κ3) is 3.57. The van der Waals surface area contributed by atoms with Gasteiger partial charge >= 0.3 is 0 Å². The molecule has 0 atom stereocenters. The highest BCUT2D eigenvalue weighted by molar-refractivity contribution is 7.80. The highest BCUT2D eigenvalue weighted by atomic mass is 32.1. The van der Waals surface area contributed by atoms with Crippen molar-refractivity contribution in [1.29, 1.82) is 0 Å². The van der Waals surface area contributed by atoms with Gasteiger partial charge in [0, 0.05) is 12.2 Å². The predicted octanol–water partition coefficient (Wildman–Crippen LogP) is 3.15. The molecule has 1 N–H and O–H groups in total. The van der Waals surface area contributed by atoms with Crippen molar-refractivity contribution < 1.29 is 9.53 Å². The van der Waals surface area contributed by atoms with Crippen LogP contribution in [-0.2, 0) is 11.2 Å². The fraction of sp³-hybridized carbons (Fsp3) is 0.263. The van der Waals surface area contributed by atoms with Crippen molar-refractivity contribution in [2.45, 2.75) is 20.3 Å². The summed E-state index contributed by atoms with van der Waals surface area (Å²) in [5, 5.41) is 3.19. The molecular formula is C19H20N2O2S. The van der Waals surface area contributed by atoms with Gasteiger partial charge in [0.05, 0.1) is 0 Å². The molecule has 0 saturated carbocycles. The van der Waals surface area contributed by atoms with E-state index in [-0.39, 0.29) is 12.5 Å². The summed E-state index contributed by atoms with van der Waals surface area (Å²) in [5.41, 5.74) is 4.42. The first-order chi connectivity index (χ1) is 11.5. The molecule has 0 aliphatic carbocycles. The average Bonchev–Trinajstić information content (AvgIpc) is 3.00. The molecule has 1 heterocycles. The number of ether oxygens (including phenoxy) is 1. The van der Waals surface area contributed by atoms with Gasteiger partial charge in [-0.05, 0) is 61.3 Å². The van der Waals surface area contributed by atoms with E-state index in [2.05, 4.69) is 11.4 Å². The van der Waals surface area contributed by atoms with Crippen molar-refractivity contribution in [3.63, 3.8) is 0 Å². The Morgan fingerprint density at radius 1 is 1.25 bits per heavy atom. The molecular weight excluding hydrogens is 320 g/mol. The molecule has 1 aliphatic heterocycles. The lowest BCUT2D eigenvalue weighted by molar-refractivity contribution is -0.121. The second-order valence-electron chi connectivity index (χ2n) is 5.94. The van der Waals surface area contributed by atoms with Gasteiger partial charge < -0.3 is 9.64 Å².